The van der Waals surface area contributed by atoms with Gasteiger partial charge in [-0.2, -0.15) is 10.2 Å². The summed E-state index contributed by atoms with van der Waals surface area (Å²) in [6.45, 7) is 2.03. The molecule has 154 valence electrons. The number of hydrogen-bond acceptors (Lipinski definition) is 4. The minimum atomic E-state index is -0.501. The Morgan fingerprint density at radius 3 is 2.45 bits per heavy atom. The molecule has 1 N–H and O–H groups in total. The summed E-state index contributed by atoms with van der Waals surface area (Å²) in [7, 11) is 0. The molecule has 0 radical (unpaired) electrons. The van der Waals surface area contributed by atoms with Gasteiger partial charge in [0.15, 0.2) is 5.69 Å². The maximum absolute atomic E-state index is 13.0. The van der Waals surface area contributed by atoms with Crippen LogP contribution >= 0.6 is 11.6 Å². The number of benzene rings is 3. The van der Waals surface area contributed by atoms with Crippen molar-refractivity contribution in [1.82, 2.24) is 15.2 Å². The normalized spacial score (nSPS) is 11.5. The molecule has 0 saturated heterocycles. The predicted octanol–water partition coefficient (Wildman–Crippen LogP) is 4.25. The number of rotatable bonds is 5. The van der Waals surface area contributed by atoms with E-state index in [-0.39, 0.29) is 17.8 Å². The third kappa shape index (κ3) is 4.54. The number of hydrazone groups is 1. The Labute approximate surface area is 183 Å². The number of nitrogens with one attached hydrogen (secondary N) is 1. The van der Waals surface area contributed by atoms with Gasteiger partial charge in [-0.3, -0.25) is 9.59 Å². The van der Waals surface area contributed by atoms with E-state index in [0.717, 1.165) is 11.1 Å². The summed E-state index contributed by atoms with van der Waals surface area (Å²) in [4.78, 5) is 25.9. The SMILES string of the molecule is C/C(=N\NC(=O)c1nn(Cc2ccccc2)c(=O)c2ccccc12)c1cccc(Cl)c1. The van der Waals surface area contributed by atoms with Gasteiger partial charge in [-0.25, -0.2) is 10.1 Å². The van der Waals surface area contributed by atoms with Gasteiger partial charge in [-0.1, -0.05) is 72.3 Å². The van der Waals surface area contributed by atoms with Crippen molar-refractivity contribution < 1.29 is 4.79 Å². The molecule has 0 atom stereocenters. The van der Waals surface area contributed by atoms with E-state index in [1.165, 1.54) is 4.68 Å². The first kappa shape index (κ1) is 20.5. The second-order valence-corrected chi connectivity index (χ2v) is 7.43. The van der Waals surface area contributed by atoms with Crippen LogP contribution in [-0.4, -0.2) is 21.4 Å². The standard InChI is InChI=1S/C24H19ClN4O2/c1-16(18-10-7-11-19(25)14-18)26-27-23(30)22-20-12-5-6-13-21(20)24(31)29(28-22)15-17-8-3-2-4-9-17/h2-14H,15H2,1H3,(H,27,30)/b26-16+. The number of carbonyl (C=O) groups is 1. The molecule has 1 amide bonds. The molecular weight excluding hydrogens is 412 g/mol. The van der Waals surface area contributed by atoms with Gasteiger partial charge in [0.1, 0.15) is 0 Å². The summed E-state index contributed by atoms with van der Waals surface area (Å²) in [5.74, 6) is -0.501. The van der Waals surface area contributed by atoms with E-state index in [0.29, 0.717) is 21.5 Å². The Bertz CT molecular complexity index is 1350. The zero-order valence-corrected chi connectivity index (χ0v) is 17.5. The fraction of sp³-hybridized carbons (Fsp3) is 0.0833. The highest BCUT2D eigenvalue weighted by Crippen LogP contribution is 2.15. The van der Waals surface area contributed by atoms with Crippen LogP contribution in [0.2, 0.25) is 5.02 Å². The maximum atomic E-state index is 13.0. The van der Waals surface area contributed by atoms with Gasteiger partial charge in [0, 0.05) is 10.4 Å². The van der Waals surface area contributed by atoms with Crippen LogP contribution in [0.1, 0.15) is 28.5 Å². The van der Waals surface area contributed by atoms with Gasteiger partial charge < -0.3 is 0 Å². The second-order valence-electron chi connectivity index (χ2n) is 6.99. The lowest BCUT2D eigenvalue weighted by Gasteiger charge is -2.10. The number of nitrogens with zero attached hydrogens (tertiary/aromatic N) is 3. The first-order valence-electron chi connectivity index (χ1n) is 9.67. The first-order valence-corrected chi connectivity index (χ1v) is 10.0. The van der Waals surface area contributed by atoms with Gasteiger partial charge in [-0.05, 0) is 36.2 Å². The highest BCUT2D eigenvalue weighted by atomic mass is 35.5. The molecule has 4 rings (SSSR count). The molecule has 6 nitrogen and oxygen atoms in total. The quantitative estimate of drug-likeness (QED) is 0.380. The average Bonchev–Trinajstić information content (AvgIpc) is 2.80. The molecule has 3 aromatic carbocycles. The number of hydrogen-bond donors (Lipinski definition) is 1. The summed E-state index contributed by atoms with van der Waals surface area (Å²) in [5, 5.41) is 10.0. The molecule has 0 aliphatic carbocycles. The molecule has 31 heavy (non-hydrogen) atoms. The van der Waals surface area contributed by atoms with Gasteiger partial charge in [0.25, 0.3) is 11.5 Å². The molecule has 7 heteroatoms. The molecule has 1 aromatic heterocycles. The van der Waals surface area contributed by atoms with Crippen LogP contribution in [0.4, 0.5) is 0 Å². The van der Waals surface area contributed by atoms with Crippen molar-refractivity contribution in [3.05, 3.63) is 111 Å². The van der Waals surface area contributed by atoms with E-state index in [1.807, 2.05) is 42.5 Å². The number of fused-ring (bicyclic) bond motifs is 1. The largest absolute Gasteiger partial charge is 0.292 e. The van der Waals surface area contributed by atoms with Gasteiger partial charge in [0.2, 0.25) is 0 Å². The van der Waals surface area contributed by atoms with Crippen molar-refractivity contribution in [3.8, 4) is 0 Å². The first-order chi connectivity index (χ1) is 15.0. The lowest BCUT2D eigenvalue weighted by molar-refractivity contribution is 0.0949. The lowest BCUT2D eigenvalue weighted by Crippen LogP contribution is -2.29. The van der Waals surface area contributed by atoms with Crippen LogP contribution in [0.15, 0.2) is 88.8 Å². The summed E-state index contributed by atoms with van der Waals surface area (Å²) < 4.78 is 1.31. The smallest absolute Gasteiger partial charge is 0.267 e. The van der Waals surface area contributed by atoms with Gasteiger partial charge in [0.05, 0.1) is 17.6 Å². The lowest BCUT2D eigenvalue weighted by atomic mass is 10.1. The van der Waals surface area contributed by atoms with Crippen molar-refractivity contribution in [1.29, 1.82) is 0 Å². The number of halogens is 1. The topological polar surface area (TPSA) is 76.3 Å². The molecule has 0 aliphatic rings. The van der Waals surface area contributed by atoms with Crippen molar-refractivity contribution in [2.75, 3.05) is 0 Å². The van der Waals surface area contributed by atoms with Crippen LogP contribution in [0, 0.1) is 0 Å². The zero-order valence-electron chi connectivity index (χ0n) is 16.7. The van der Waals surface area contributed by atoms with Gasteiger partial charge in [-0.15, -0.1) is 0 Å². The molecule has 1 heterocycles. The Balaban J connectivity index is 1.70. The molecule has 0 fully saturated rings. The highest BCUT2D eigenvalue weighted by molar-refractivity contribution is 6.31. The third-order valence-corrected chi connectivity index (χ3v) is 5.06. The summed E-state index contributed by atoms with van der Waals surface area (Å²) in [6, 6.07) is 23.6. The summed E-state index contributed by atoms with van der Waals surface area (Å²) in [6.07, 6.45) is 0. The number of amides is 1. The molecule has 0 spiro atoms. The predicted molar refractivity (Wildman–Crippen MR) is 123 cm³/mol. The van der Waals surface area contributed by atoms with Crippen LogP contribution < -0.4 is 11.0 Å². The van der Waals surface area contributed by atoms with Crippen molar-refractivity contribution in [3.63, 3.8) is 0 Å². The van der Waals surface area contributed by atoms with E-state index in [9.17, 15) is 9.59 Å². The van der Waals surface area contributed by atoms with Crippen LogP contribution in [0.3, 0.4) is 0 Å². The Hall–Kier alpha value is -3.77. The van der Waals surface area contributed by atoms with Crippen molar-refractivity contribution in [2.24, 2.45) is 5.10 Å². The van der Waals surface area contributed by atoms with Crippen molar-refractivity contribution >= 4 is 34.0 Å². The fourth-order valence-corrected chi connectivity index (χ4v) is 3.42. The Morgan fingerprint density at radius 1 is 1.00 bits per heavy atom. The number of aromatic nitrogens is 2. The molecule has 0 unspecified atom stereocenters. The van der Waals surface area contributed by atoms with E-state index >= 15 is 0 Å². The van der Waals surface area contributed by atoms with Gasteiger partial charge >= 0.3 is 0 Å². The Morgan fingerprint density at radius 2 is 1.71 bits per heavy atom. The second kappa shape index (κ2) is 8.93. The monoisotopic (exact) mass is 430 g/mol. The van der Waals surface area contributed by atoms with E-state index in [4.69, 9.17) is 11.6 Å². The van der Waals surface area contributed by atoms with Crippen LogP contribution in [0.25, 0.3) is 10.8 Å². The molecule has 0 aliphatic heterocycles. The average molecular weight is 431 g/mol. The van der Waals surface area contributed by atoms with E-state index < -0.39 is 5.91 Å². The van der Waals surface area contributed by atoms with E-state index in [2.05, 4.69) is 15.6 Å². The molecule has 0 saturated carbocycles. The van der Waals surface area contributed by atoms with Crippen LogP contribution in [-0.2, 0) is 6.54 Å². The highest BCUT2D eigenvalue weighted by Gasteiger charge is 2.16. The summed E-state index contributed by atoms with van der Waals surface area (Å²) >= 11 is 6.03. The minimum Gasteiger partial charge on any atom is -0.267 e. The third-order valence-electron chi connectivity index (χ3n) is 4.83. The molecule has 0 bridgehead atoms. The zero-order chi connectivity index (χ0) is 21.8. The Kier molecular flexibility index (Phi) is 5.91. The molecular formula is C24H19ClN4O2. The summed E-state index contributed by atoms with van der Waals surface area (Å²) in [5.41, 5.74) is 4.72. The van der Waals surface area contributed by atoms with Crippen LogP contribution in [0.5, 0.6) is 0 Å². The molecule has 4 aromatic rings. The van der Waals surface area contributed by atoms with E-state index in [1.54, 1.807) is 43.3 Å². The number of carbonyl (C=O) groups excluding carboxylic acids is 1. The fourth-order valence-electron chi connectivity index (χ4n) is 3.23. The maximum Gasteiger partial charge on any atom is 0.292 e. The van der Waals surface area contributed by atoms with Crippen molar-refractivity contribution in [2.45, 2.75) is 13.5 Å². The minimum absolute atomic E-state index is 0.133.